The zero-order valence-corrected chi connectivity index (χ0v) is 12.0. The van der Waals surface area contributed by atoms with Gasteiger partial charge in [0, 0.05) is 29.7 Å². The number of nitrogens with two attached hydrogens (primary N) is 1. The van der Waals surface area contributed by atoms with Gasteiger partial charge in [0.15, 0.2) is 0 Å². The highest BCUT2D eigenvalue weighted by Crippen LogP contribution is 2.25. The molecule has 4 nitrogen and oxygen atoms in total. The van der Waals surface area contributed by atoms with E-state index in [4.69, 9.17) is 5.73 Å². The lowest BCUT2D eigenvalue weighted by atomic mass is 10.2. The van der Waals surface area contributed by atoms with Crippen molar-refractivity contribution in [1.82, 2.24) is 9.88 Å². The zero-order valence-electron chi connectivity index (χ0n) is 11.2. The summed E-state index contributed by atoms with van der Waals surface area (Å²) < 4.78 is 0. The Kier molecular flexibility index (Phi) is 3.69. The summed E-state index contributed by atoms with van der Waals surface area (Å²) in [6.45, 7) is 1.79. The van der Waals surface area contributed by atoms with Gasteiger partial charge in [-0.3, -0.25) is 4.79 Å². The molecule has 3 rings (SSSR count). The monoisotopic (exact) mass is 287 g/mol. The van der Waals surface area contributed by atoms with Crippen molar-refractivity contribution in [3.63, 3.8) is 0 Å². The van der Waals surface area contributed by atoms with Crippen molar-refractivity contribution in [3.8, 4) is 10.6 Å². The summed E-state index contributed by atoms with van der Waals surface area (Å²) >= 11 is 1.56. The first-order chi connectivity index (χ1) is 9.72. The van der Waals surface area contributed by atoms with E-state index >= 15 is 0 Å². The molecule has 1 aromatic heterocycles. The van der Waals surface area contributed by atoms with Gasteiger partial charge in [-0.1, -0.05) is 12.1 Å². The first-order valence-corrected chi connectivity index (χ1v) is 7.68. The van der Waals surface area contributed by atoms with Crippen LogP contribution in [0.1, 0.15) is 18.5 Å². The predicted molar refractivity (Wildman–Crippen MR) is 81.5 cm³/mol. The molecule has 0 unspecified atom stereocenters. The topological polar surface area (TPSA) is 59.2 Å². The van der Waals surface area contributed by atoms with Gasteiger partial charge in [-0.25, -0.2) is 4.98 Å². The van der Waals surface area contributed by atoms with Crippen LogP contribution in [-0.2, 0) is 11.2 Å². The third-order valence-corrected chi connectivity index (χ3v) is 4.42. The lowest BCUT2D eigenvalue weighted by molar-refractivity contribution is -0.129. The molecule has 1 amide bonds. The van der Waals surface area contributed by atoms with Crippen LogP contribution in [0.25, 0.3) is 10.6 Å². The molecule has 2 heterocycles. The number of carbonyl (C=O) groups is 1. The van der Waals surface area contributed by atoms with Crippen molar-refractivity contribution < 1.29 is 4.79 Å². The van der Waals surface area contributed by atoms with Crippen molar-refractivity contribution in [3.05, 3.63) is 35.3 Å². The van der Waals surface area contributed by atoms with Crippen LogP contribution in [0.15, 0.2) is 29.6 Å². The largest absolute Gasteiger partial charge is 0.399 e. The average molecular weight is 287 g/mol. The highest BCUT2D eigenvalue weighted by atomic mass is 32.1. The number of nitrogens with zero attached hydrogens (tertiary/aromatic N) is 2. The Hall–Kier alpha value is -1.88. The zero-order chi connectivity index (χ0) is 13.9. The van der Waals surface area contributed by atoms with Crippen molar-refractivity contribution in [2.45, 2.75) is 19.3 Å². The average Bonchev–Trinajstić information content (AvgIpc) is 3.10. The van der Waals surface area contributed by atoms with Crippen molar-refractivity contribution >= 4 is 22.9 Å². The van der Waals surface area contributed by atoms with Gasteiger partial charge >= 0.3 is 0 Å². The number of benzene rings is 1. The number of anilines is 1. The van der Waals surface area contributed by atoms with E-state index in [1.54, 1.807) is 11.3 Å². The number of likely N-dealkylation sites (tertiary alicyclic amines) is 1. The Morgan fingerprint density at radius 1 is 1.35 bits per heavy atom. The van der Waals surface area contributed by atoms with Crippen LogP contribution in [0.2, 0.25) is 0 Å². The first kappa shape index (κ1) is 13.1. The minimum atomic E-state index is 0.187. The molecule has 104 valence electrons. The van der Waals surface area contributed by atoms with E-state index in [-0.39, 0.29) is 5.91 Å². The van der Waals surface area contributed by atoms with Gasteiger partial charge in [-0.2, -0.15) is 0 Å². The molecule has 1 aliphatic heterocycles. The van der Waals surface area contributed by atoms with Crippen LogP contribution in [0.3, 0.4) is 0 Å². The van der Waals surface area contributed by atoms with Crippen LogP contribution in [-0.4, -0.2) is 28.9 Å². The van der Waals surface area contributed by atoms with E-state index in [0.717, 1.165) is 47.9 Å². The molecule has 0 saturated carbocycles. The molecule has 1 fully saturated rings. The molecule has 1 aromatic carbocycles. The summed E-state index contributed by atoms with van der Waals surface area (Å²) in [7, 11) is 0. The maximum atomic E-state index is 12.1. The number of nitrogen functional groups attached to an aromatic ring is 1. The van der Waals surface area contributed by atoms with Crippen LogP contribution in [0.4, 0.5) is 5.69 Å². The van der Waals surface area contributed by atoms with Crippen LogP contribution < -0.4 is 5.73 Å². The number of aromatic nitrogens is 1. The Morgan fingerprint density at radius 2 is 2.15 bits per heavy atom. The molecule has 0 radical (unpaired) electrons. The van der Waals surface area contributed by atoms with E-state index < -0.39 is 0 Å². The minimum Gasteiger partial charge on any atom is -0.399 e. The quantitative estimate of drug-likeness (QED) is 0.883. The van der Waals surface area contributed by atoms with Crippen LogP contribution in [0.5, 0.6) is 0 Å². The fourth-order valence-corrected chi connectivity index (χ4v) is 3.24. The molecule has 0 atom stereocenters. The highest BCUT2D eigenvalue weighted by Gasteiger charge is 2.19. The molecule has 1 saturated heterocycles. The molecule has 20 heavy (non-hydrogen) atoms. The summed E-state index contributed by atoms with van der Waals surface area (Å²) in [5, 5.41) is 2.88. The third-order valence-electron chi connectivity index (χ3n) is 3.48. The lowest BCUT2D eigenvalue weighted by Crippen LogP contribution is -2.29. The second kappa shape index (κ2) is 5.63. The standard InChI is InChI=1S/C15H17N3OS/c16-12-5-3-4-11(8-12)15-17-13(10-20-15)9-14(19)18-6-1-2-7-18/h3-5,8,10H,1-2,6-7,9,16H2. The molecule has 0 aliphatic carbocycles. The number of hydrogen-bond donors (Lipinski definition) is 1. The fourth-order valence-electron chi connectivity index (χ4n) is 2.43. The van der Waals surface area contributed by atoms with Crippen LogP contribution >= 0.6 is 11.3 Å². The van der Waals surface area contributed by atoms with Gasteiger partial charge in [0.05, 0.1) is 12.1 Å². The second-order valence-corrected chi connectivity index (χ2v) is 5.89. The maximum absolute atomic E-state index is 12.1. The molecule has 2 N–H and O–H groups in total. The Morgan fingerprint density at radius 3 is 2.90 bits per heavy atom. The van der Waals surface area contributed by atoms with Crippen molar-refractivity contribution in [2.24, 2.45) is 0 Å². The maximum Gasteiger partial charge on any atom is 0.228 e. The van der Waals surface area contributed by atoms with Gasteiger partial charge in [-0.15, -0.1) is 11.3 Å². The van der Waals surface area contributed by atoms with Gasteiger partial charge in [0.25, 0.3) is 0 Å². The summed E-state index contributed by atoms with van der Waals surface area (Å²) in [5.41, 5.74) is 8.37. The number of amides is 1. The Bertz CT molecular complexity index is 617. The third kappa shape index (κ3) is 2.82. The highest BCUT2D eigenvalue weighted by molar-refractivity contribution is 7.13. The number of carbonyl (C=O) groups excluding carboxylic acids is 1. The minimum absolute atomic E-state index is 0.187. The van der Waals surface area contributed by atoms with Gasteiger partial charge in [0.1, 0.15) is 5.01 Å². The van der Waals surface area contributed by atoms with Gasteiger partial charge in [-0.05, 0) is 25.0 Å². The molecule has 0 spiro atoms. The van der Waals surface area contributed by atoms with E-state index in [2.05, 4.69) is 4.98 Å². The van der Waals surface area contributed by atoms with Crippen molar-refractivity contribution in [2.75, 3.05) is 18.8 Å². The van der Waals surface area contributed by atoms with Crippen molar-refractivity contribution in [1.29, 1.82) is 0 Å². The SMILES string of the molecule is Nc1cccc(-c2nc(CC(=O)N3CCCC3)cs2)c1. The second-order valence-electron chi connectivity index (χ2n) is 5.03. The molecular weight excluding hydrogens is 270 g/mol. The summed E-state index contributed by atoms with van der Waals surface area (Å²) in [6, 6.07) is 7.67. The number of thiazole rings is 1. The van der Waals surface area contributed by atoms with E-state index in [9.17, 15) is 4.79 Å². The molecule has 0 bridgehead atoms. The number of hydrogen-bond acceptors (Lipinski definition) is 4. The van der Waals surface area contributed by atoms with Gasteiger partial charge in [0.2, 0.25) is 5.91 Å². The van der Waals surface area contributed by atoms with Crippen LogP contribution in [0, 0.1) is 0 Å². The summed E-state index contributed by atoms with van der Waals surface area (Å²) in [5.74, 6) is 0.187. The summed E-state index contributed by atoms with van der Waals surface area (Å²) in [6.07, 6.45) is 2.65. The molecule has 2 aromatic rings. The number of rotatable bonds is 3. The lowest BCUT2D eigenvalue weighted by Gasteiger charge is -2.13. The normalized spacial score (nSPS) is 14.7. The summed E-state index contributed by atoms with van der Waals surface area (Å²) in [4.78, 5) is 18.6. The Balaban J connectivity index is 1.72. The van der Waals surface area contributed by atoms with E-state index in [0.29, 0.717) is 6.42 Å². The first-order valence-electron chi connectivity index (χ1n) is 6.80. The molecule has 1 aliphatic rings. The van der Waals surface area contributed by atoms with E-state index in [1.165, 1.54) is 0 Å². The predicted octanol–water partition coefficient (Wildman–Crippen LogP) is 2.56. The van der Waals surface area contributed by atoms with Gasteiger partial charge < -0.3 is 10.6 Å². The molecular formula is C15H17N3OS. The smallest absolute Gasteiger partial charge is 0.228 e. The fraction of sp³-hybridized carbons (Fsp3) is 0.333. The molecule has 5 heteroatoms. The van der Waals surface area contributed by atoms with E-state index in [1.807, 2.05) is 34.5 Å². The Labute approximate surface area is 122 Å².